The van der Waals surface area contributed by atoms with Crippen molar-refractivity contribution >= 4 is 0 Å². The second kappa shape index (κ2) is 7.48. The van der Waals surface area contributed by atoms with E-state index in [-0.39, 0.29) is 6.04 Å². The van der Waals surface area contributed by atoms with Crippen molar-refractivity contribution in [2.45, 2.75) is 19.5 Å². The Bertz CT molecular complexity index is 677. The first-order chi connectivity index (χ1) is 10.7. The molecule has 0 aliphatic heterocycles. The van der Waals surface area contributed by atoms with E-state index >= 15 is 0 Å². The molecule has 2 aromatic rings. The van der Waals surface area contributed by atoms with E-state index in [9.17, 15) is 0 Å². The maximum Gasteiger partial charge on any atom is 0.161 e. The van der Waals surface area contributed by atoms with Gasteiger partial charge in [-0.05, 0) is 42.3 Å². The van der Waals surface area contributed by atoms with Crippen molar-refractivity contribution in [2.24, 2.45) is 0 Å². The van der Waals surface area contributed by atoms with Crippen LogP contribution in [0, 0.1) is 11.3 Å². The van der Waals surface area contributed by atoms with Gasteiger partial charge in [0.1, 0.15) is 0 Å². The minimum Gasteiger partial charge on any atom is -0.493 e. The van der Waals surface area contributed by atoms with Gasteiger partial charge in [-0.1, -0.05) is 18.2 Å². The quantitative estimate of drug-likeness (QED) is 0.887. The monoisotopic (exact) mass is 296 g/mol. The third-order valence-electron chi connectivity index (χ3n) is 3.58. The Kier molecular flexibility index (Phi) is 5.40. The molecule has 4 heteroatoms. The lowest BCUT2D eigenvalue weighted by atomic mass is 10.1. The average molecular weight is 296 g/mol. The molecule has 2 aromatic carbocycles. The van der Waals surface area contributed by atoms with E-state index in [2.05, 4.69) is 18.3 Å². The topological polar surface area (TPSA) is 54.3 Å². The van der Waals surface area contributed by atoms with Gasteiger partial charge < -0.3 is 14.8 Å². The Hall–Kier alpha value is -2.51. The number of methoxy groups -OCH3 is 2. The van der Waals surface area contributed by atoms with Crippen LogP contribution in [0.4, 0.5) is 0 Å². The Morgan fingerprint density at radius 2 is 1.86 bits per heavy atom. The molecule has 0 aromatic heterocycles. The molecule has 0 amide bonds. The fourth-order valence-electron chi connectivity index (χ4n) is 2.26. The lowest BCUT2D eigenvalue weighted by molar-refractivity contribution is 0.354. The smallest absolute Gasteiger partial charge is 0.161 e. The molecule has 1 unspecified atom stereocenters. The van der Waals surface area contributed by atoms with Gasteiger partial charge in [-0.3, -0.25) is 0 Å². The number of rotatable bonds is 6. The maximum atomic E-state index is 8.96. The van der Waals surface area contributed by atoms with Gasteiger partial charge in [-0.25, -0.2) is 0 Å². The third-order valence-corrected chi connectivity index (χ3v) is 3.58. The highest BCUT2D eigenvalue weighted by Crippen LogP contribution is 2.27. The molecule has 0 aliphatic carbocycles. The number of hydrogen-bond acceptors (Lipinski definition) is 4. The molecular weight excluding hydrogens is 276 g/mol. The van der Waals surface area contributed by atoms with E-state index in [0.717, 1.165) is 22.6 Å². The van der Waals surface area contributed by atoms with Gasteiger partial charge in [-0.15, -0.1) is 0 Å². The first kappa shape index (κ1) is 15.9. The summed E-state index contributed by atoms with van der Waals surface area (Å²) >= 11 is 0. The van der Waals surface area contributed by atoms with E-state index in [4.69, 9.17) is 14.7 Å². The predicted molar refractivity (Wildman–Crippen MR) is 86.0 cm³/mol. The van der Waals surface area contributed by atoms with Gasteiger partial charge in [0.2, 0.25) is 0 Å². The van der Waals surface area contributed by atoms with Gasteiger partial charge >= 0.3 is 0 Å². The van der Waals surface area contributed by atoms with E-state index in [1.54, 1.807) is 14.2 Å². The summed E-state index contributed by atoms with van der Waals surface area (Å²) in [4.78, 5) is 0. The zero-order valence-corrected chi connectivity index (χ0v) is 13.1. The lowest BCUT2D eigenvalue weighted by Crippen LogP contribution is -2.18. The predicted octanol–water partition coefficient (Wildman–Crippen LogP) is 3.43. The summed E-state index contributed by atoms with van der Waals surface area (Å²) in [5, 5.41) is 12.4. The standard InChI is InChI=1S/C18H20N2O2/c1-13(16-6-4-5-14(9-16)11-19)20-12-15-7-8-17(21-2)18(10-15)22-3/h4-10,13,20H,12H2,1-3H3. The van der Waals surface area contributed by atoms with Crippen molar-refractivity contribution in [1.82, 2.24) is 5.32 Å². The van der Waals surface area contributed by atoms with Gasteiger partial charge in [0, 0.05) is 12.6 Å². The fourth-order valence-corrected chi connectivity index (χ4v) is 2.26. The van der Waals surface area contributed by atoms with Crippen LogP contribution in [0.3, 0.4) is 0 Å². The average Bonchev–Trinajstić information content (AvgIpc) is 2.59. The number of benzene rings is 2. The number of nitrogens with zero attached hydrogens (tertiary/aromatic N) is 1. The van der Waals surface area contributed by atoms with Gasteiger partial charge in [0.15, 0.2) is 11.5 Å². The summed E-state index contributed by atoms with van der Waals surface area (Å²) in [6, 6.07) is 15.8. The zero-order valence-electron chi connectivity index (χ0n) is 13.1. The minimum atomic E-state index is 0.154. The molecule has 0 saturated heterocycles. The maximum absolute atomic E-state index is 8.96. The molecule has 4 nitrogen and oxygen atoms in total. The van der Waals surface area contributed by atoms with Crippen molar-refractivity contribution in [1.29, 1.82) is 5.26 Å². The van der Waals surface area contributed by atoms with Crippen LogP contribution in [-0.2, 0) is 6.54 Å². The van der Waals surface area contributed by atoms with E-state index in [1.807, 2.05) is 42.5 Å². The summed E-state index contributed by atoms with van der Waals surface area (Å²) in [7, 11) is 3.26. The fraction of sp³-hybridized carbons (Fsp3) is 0.278. The molecule has 2 rings (SSSR count). The van der Waals surface area contributed by atoms with Crippen LogP contribution in [0.2, 0.25) is 0 Å². The van der Waals surface area contributed by atoms with Crippen molar-refractivity contribution in [3.8, 4) is 17.6 Å². The Balaban J connectivity index is 2.04. The number of ether oxygens (including phenoxy) is 2. The summed E-state index contributed by atoms with van der Waals surface area (Å²) in [6.07, 6.45) is 0. The number of nitriles is 1. The van der Waals surface area contributed by atoms with Crippen molar-refractivity contribution < 1.29 is 9.47 Å². The Morgan fingerprint density at radius 3 is 2.55 bits per heavy atom. The van der Waals surface area contributed by atoms with Crippen LogP contribution in [-0.4, -0.2) is 14.2 Å². The molecule has 0 aliphatic rings. The van der Waals surface area contributed by atoms with Crippen molar-refractivity contribution in [3.05, 3.63) is 59.2 Å². The van der Waals surface area contributed by atoms with Crippen LogP contribution in [0.15, 0.2) is 42.5 Å². The SMILES string of the molecule is COc1ccc(CNC(C)c2cccc(C#N)c2)cc1OC. The highest BCUT2D eigenvalue weighted by Gasteiger charge is 2.08. The molecule has 1 atom stereocenters. The first-order valence-electron chi connectivity index (χ1n) is 7.12. The lowest BCUT2D eigenvalue weighted by Gasteiger charge is -2.15. The summed E-state index contributed by atoms with van der Waals surface area (Å²) in [6.45, 7) is 2.79. The summed E-state index contributed by atoms with van der Waals surface area (Å²) in [5.74, 6) is 1.45. The van der Waals surface area contributed by atoms with Crippen LogP contribution < -0.4 is 14.8 Å². The van der Waals surface area contributed by atoms with Gasteiger partial charge in [0.05, 0.1) is 25.9 Å². The van der Waals surface area contributed by atoms with Crippen molar-refractivity contribution in [3.63, 3.8) is 0 Å². The highest BCUT2D eigenvalue weighted by atomic mass is 16.5. The molecule has 114 valence electrons. The molecule has 0 fully saturated rings. The Morgan fingerprint density at radius 1 is 1.09 bits per heavy atom. The number of hydrogen-bond donors (Lipinski definition) is 1. The second-order valence-corrected chi connectivity index (χ2v) is 5.03. The normalized spacial score (nSPS) is 11.5. The van der Waals surface area contributed by atoms with Crippen LogP contribution in [0.5, 0.6) is 11.5 Å². The molecular formula is C18H20N2O2. The van der Waals surface area contributed by atoms with Crippen molar-refractivity contribution in [2.75, 3.05) is 14.2 Å². The van der Waals surface area contributed by atoms with Crippen LogP contribution >= 0.6 is 0 Å². The van der Waals surface area contributed by atoms with E-state index < -0.39 is 0 Å². The molecule has 0 saturated carbocycles. The summed E-state index contributed by atoms with van der Waals surface area (Å²) in [5.41, 5.74) is 2.89. The molecule has 0 spiro atoms. The molecule has 22 heavy (non-hydrogen) atoms. The molecule has 0 bridgehead atoms. The summed E-state index contributed by atoms with van der Waals surface area (Å²) < 4.78 is 10.5. The number of nitrogens with one attached hydrogen (secondary N) is 1. The highest BCUT2D eigenvalue weighted by molar-refractivity contribution is 5.43. The van der Waals surface area contributed by atoms with E-state index in [0.29, 0.717) is 12.1 Å². The largest absolute Gasteiger partial charge is 0.493 e. The minimum absolute atomic E-state index is 0.154. The first-order valence-corrected chi connectivity index (χ1v) is 7.12. The molecule has 1 N–H and O–H groups in total. The van der Waals surface area contributed by atoms with Gasteiger partial charge in [0.25, 0.3) is 0 Å². The van der Waals surface area contributed by atoms with E-state index in [1.165, 1.54) is 0 Å². The third kappa shape index (κ3) is 3.78. The van der Waals surface area contributed by atoms with Crippen LogP contribution in [0.25, 0.3) is 0 Å². The van der Waals surface area contributed by atoms with Crippen LogP contribution in [0.1, 0.15) is 29.7 Å². The second-order valence-electron chi connectivity index (χ2n) is 5.03. The zero-order chi connectivity index (χ0) is 15.9. The molecule has 0 radical (unpaired) electrons. The Labute approximate surface area is 131 Å². The molecule has 0 heterocycles. The van der Waals surface area contributed by atoms with Gasteiger partial charge in [-0.2, -0.15) is 5.26 Å².